The Hall–Kier alpha value is -1.74. The van der Waals surface area contributed by atoms with E-state index in [9.17, 15) is 9.59 Å². The first-order chi connectivity index (χ1) is 8.29. The number of hydrogen-bond acceptors (Lipinski definition) is 3. The Morgan fingerprint density at radius 3 is 2.82 bits per heavy atom. The molecule has 1 aliphatic rings. The van der Waals surface area contributed by atoms with Crippen molar-refractivity contribution >= 4 is 12.1 Å². The van der Waals surface area contributed by atoms with Crippen LogP contribution in [0.2, 0.25) is 0 Å². The fourth-order valence-corrected chi connectivity index (χ4v) is 1.98. The fourth-order valence-electron chi connectivity index (χ4n) is 1.98. The van der Waals surface area contributed by atoms with Gasteiger partial charge in [-0.15, -0.1) is 0 Å². The standard InChI is InChI=1S/C14H15NO2/c16-10-14(17)13-8-12(9-15-13)7-6-11-4-2-1-3-5-11/h1-5,7,10,13,15H,6,8-9H2. The summed E-state index contributed by atoms with van der Waals surface area (Å²) in [4.78, 5) is 21.5. The van der Waals surface area contributed by atoms with Crippen molar-refractivity contribution in [2.75, 3.05) is 6.54 Å². The van der Waals surface area contributed by atoms with Crippen molar-refractivity contribution in [1.82, 2.24) is 5.32 Å². The number of hydrogen-bond donors (Lipinski definition) is 1. The summed E-state index contributed by atoms with van der Waals surface area (Å²) < 4.78 is 0. The van der Waals surface area contributed by atoms with Crippen LogP contribution in [0.3, 0.4) is 0 Å². The highest BCUT2D eigenvalue weighted by Gasteiger charge is 2.24. The Bertz CT molecular complexity index is 437. The maximum atomic E-state index is 11.2. The van der Waals surface area contributed by atoms with Crippen LogP contribution in [0.5, 0.6) is 0 Å². The van der Waals surface area contributed by atoms with Crippen LogP contribution in [0, 0.1) is 0 Å². The highest BCUT2D eigenvalue weighted by atomic mass is 16.2. The molecule has 3 nitrogen and oxygen atoms in total. The number of carbonyl (C=O) groups excluding carboxylic acids is 2. The predicted molar refractivity (Wildman–Crippen MR) is 65.7 cm³/mol. The summed E-state index contributed by atoms with van der Waals surface area (Å²) in [5.41, 5.74) is 2.46. The van der Waals surface area contributed by atoms with Crippen molar-refractivity contribution in [3.63, 3.8) is 0 Å². The minimum atomic E-state index is -0.354. The van der Waals surface area contributed by atoms with E-state index < -0.39 is 0 Å². The number of nitrogens with one attached hydrogen (secondary N) is 1. The van der Waals surface area contributed by atoms with E-state index in [0.29, 0.717) is 19.3 Å². The normalized spacial score (nSPS) is 21.6. The van der Waals surface area contributed by atoms with Crippen LogP contribution in [0.1, 0.15) is 12.0 Å². The number of benzene rings is 1. The quantitative estimate of drug-likeness (QED) is 0.480. The molecule has 0 amide bonds. The van der Waals surface area contributed by atoms with Crippen LogP contribution in [0.25, 0.3) is 0 Å². The van der Waals surface area contributed by atoms with Gasteiger partial charge in [-0.3, -0.25) is 9.59 Å². The van der Waals surface area contributed by atoms with Crippen molar-refractivity contribution < 1.29 is 9.59 Å². The lowest BCUT2D eigenvalue weighted by Crippen LogP contribution is -2.31. The molecule has 1 saturated heterocycles. The summed E-state index contributed by atoms with van der Waals surface area (Å²) >= 11 is 0. The molecule has 1 atom stereocenters. The Labute approximate surface area is 101 Å². The van der Waals surface area contributed by atoms with Crippen LogP contribution < -0.4 is 5.32 Å². The number of carbonyl (C=O) groups is 2. The summed E-state index contributed by atoms with van der Waals surface area (Å²) in [6, 6.07) is 9.86. The van der Waals surface area contributed by atoms with Crippen molar-refractivity contribution in [2.24, 2.45) is 0 Å². The van der Waals surface area contributed by atoms with Crippen LogP contribution in [0.4, 0.5) is 0 Å². The second-order valence-electron chi connectivity index (χ2n) is 4.21. The van der Waals surface area contributed by atoms with Gasteiger partial charge in [0.1, 0.15) is 0 Å². The molecule has 2 rings (SSSR count). The molecule has 0 bridgehead atoms. The van der Waals surface area contributed by atoms with E-state index in [0.717, 1.165) is 6.42 Å². The largest absolute Gasteiger partial charge is 0.303 e. The molecule has 17 heavy (non-hydrogen) atoms. The molecule has 0 saturated carbocycles. The van der Waals surface area contributed by atoms with Gasteiger partial charge in [-0.2, -0.15) is 0 Å². The highest BCUT2D eigenvalue weighted by Crippen LogP contribution is 2.14. The molecule has 1 aromatic rings. The van der Waals surface area contributed by atoms with Crippen LogP contribution >= 0.6 is 0 Å². The Balaban J connectivity index is 1.92. The number of allylic oxidation sites excluding steroid dienone is 1. The predicted octanol–water partition coefficient (Wildman–Crippen LogP) is 1.29. The first-order valence-corrected chi connectivity index (χ1v) is 5.74. The van der Waals surface area contributed by atoms with Crippen molar-refractivity contribution in [3.8, 4) is 0 Å². The molecule has 1 N–H and O–H groups in total. The average Bonchev–Trinajstić information content (AvgIpc) is 2.85. The minimum Gasteiger partial charge on any atom is -0.303 e. The monoisotopic (exact) mass is 229 g/mol. The van der Waals surface area contributed by atoms with Gasteiger partial charge in [0.05, 0.1) is 6.04 Å². The van der Waals surface area contributed by atoms with Gasteiger partial charge in [0.15, 0.2) is 6.29 Å². The Kier molecular flexibility index (Phi) is 3.83. The summed E-state index contributed by atoms with van der Waals surface area (Å²) in [6.45, 7) is 0.705. The molecular formula is C14H15NO2. The SMILES string of the molecule is O=CC(=O)C1CC(=CCc2ccccc2)CN1. The lowest BCUT2D eigenvalue weighted by Gasteiger charge is -2.00. The third kappa shape index (κ3) is 3.11. The lowest BCUT2D eigenvalue weighted by molar-refractivity contribution is -0.130. The second kappa shape index (κ2) is 5.55. The summed E-state index contributed by atoms with van der Waals surface area (Å²) in [6.07, 6.45) is 4.07. The summed E-state index contributed by atoms with van der Waals surface area (Å²) in [5, 5.41) is 3.04. The summed E-state index contributed by atoms with van der Waals surface area (Å²) in [7, 11) is 0. The van der Waals surface area contributed by atoms with Gasteiger partial charge < -0.3 is 5.32 Å². The van der Waals surface area contributed by atoms with Crippen molar-refractivity contribution in [3.05, 3.63) is 47.5 Å². The van der Waals surface area contributed by atoms with Gasteiger partial charge >= 0.3 is 0 Å². The molecule has 0 aromatic heterocycles. The molecule has 0 aliphatic carbocycles. The van der Waals surface area contributed by atoms with E-state index in [1.807, 2.05) is 18.2 Å². The zero-order valence-corrected chi connectivity index (χ0v) is 9.56. The lowest BCUT2D eigenvalue weighted by atomic mass is 10.1. The molecule has 1 fully saturated rings. The van der Waals surface area contributed by atoms with E-state index in [1.165, 1.54) is 11.1 Å². The molecule has 1 heterocycles. The highest BCUT2D eigenvalue weighted by molar-refractivity contribution is 6.27. The van der Waals surface area contributed by atoms with Crippen molar-refractivity contribution in [1.29, 1.82) is 0 Å². The molecule has 0 radical (unpaired) electrons. The number of Topliss-reactive ketones (excluding diaryl/α,β-unsaturated/α-hetero) is 1. The smallest absolute Gasteiger partial charge is 0.212 e. The van der Waals surface area contributed by atoms with Gasteiger partial charge in [0.2, 0.25) is 5.78 Å². The van der Waals surface area contributed by atoms with Gasteiger partial charge in [-0.1, -0.05) is 42.0 Å². The molecular weight excluding hydrogens is 214 g/mol. The van der Waals surface area contributed by atoms with E-state index in [1.54, 1.807) is 0 Å². The summed E-state index contributed by atoms with van der Waals surface area (Å²) in [5.74, 6) is -0.354. The van der Waals surface area contributed by atoms with Gasteiger partial charge in [-0.05, 0) is 18.4 Å². The number of ketones is 1. The maximum Gasteiger partial charge on any atom is 0.212 e. The molecule has 88 valence electrons. The van der Waals surface area contributed by atoms with E-state index in [-0.39, 0.29) is 11.8 Å². The molecule has 1 aliphatic heterocycles. The second-order valence-corrected chi connectivity index (χ2v) is 4.21. The van der Waals surface area contributed by atoms with Gasteiger partial charge in [0, 0.05) is 6.54 Å². The van der Waals surface area contributed by atoms with E-state index in [4.69, 9.17) is 0 Å². The average molecular weight is 229 g/mol. The maximum absolute atomic E-state index is 11.2. The van der Waals surface area contributed by atoms with E-state index in [2.05, 4.69) is 23.5 Å². The van der Waals surface area contributed by atoms with Crippen molar-refractivity contribution in [2.45, 2.75) is 18.9 Å². The minimum absolute atomic E-state index is 0.311. The first kappa shape index (κ1) is 11.7. The topological polar surface area (TPSA) is 46.2 Å². The Morgan fingerprint density at radius 2 is 2.12 bits per heavy atom. The molecule has 1 unspecified atom stereocenters. The molecule has 0 spiro atoms. The van der Waals surface area contributed by atoms with Crippen LogP contribution in [-0.2, 0) is 16.0 Å². The molecule has 3 heteroatoms. The first-order valence-electron chi connectivity index (χ1n) is 5.74. The van der Waals surface area contributed by atoms with Gasteiger partial charge in [0.25, 0.3) is 0 Å². The Morgan fingerprint density at radius 1 is 1.35 bits per heavy atom. The van der Waals surface area contributed by atoms with Gasteiger partial charge in [-0.25, -0.2) is 0 Å². The fraction of sp³-hybridized carbons (Fsp3) is 0.286. The third-order valence-corrected chi connectivity index (χ3v) is 2.97. The number of rotatable bonds is 4. The third-order valence-electron chi connectivity index (χ3n) is 2.97. The zero-order chi connectivity index (χ0) is 12.1. The van der Waals surface area contributed by atoms with Crippen LogP contribution in [0.15, 0.2) is 42.0 Å². The zero-order valence-electron chi connectivity index (χ0n) is 9.56. The molecule has 1 aromatic carbocycles. The van der Waals surface area contributed by atoms with Crippen LogP contribution in [-0.4, -0.2) is 24.7 Å². The van der Waals surface area contributed by atoms with E-state index >= 15 is 0 Å². The number of aldehydes is 1.